The van der Waals surface area contributed by atoms with Gasteiger partial charge in [-0.2, -0.15) is 0 Å². The van der Waals surface area contributed by atoms with Gasteiger partial charge in [0.1, 0.15) is 0 Å². The molecule has 1 aliphatic rings. The van der Waals surface area contributed by atoms with E-state index in [9.17, 15) is 4.79 Å². The van der Waals surface area contributed by atoms with Crippen molar-refractivity contribution in [3.63, 3.8) is 0 Å². The van der Waals surface area contributed by atoms with E-state index >= 15 is 0 Å². The van der Waals surface area contributed by atoms with Gasteiger partial charge in [0.15, 0.2) is 11.5 Å². The predicted molar refractivity (Wildman–Crippen MR) is 98.8 cm³/mol. The van der Waals surface area contributed by atoms with Gasteiger partial charge in [0.25, 0.3) is 0 Å². The standard InChI is InChI=1S/C19H23N3O3/c1-13-10-15(5-6-16(13)22(2)3)21-19(23)20-9-8-14-4-7-17-18(11-14)25-12-24-17/h4-7,10-11H,8-9,12H2,1-3H3,(H2,20,21,23). The summed E-state index contributed by atoms with van der Waals surface area (Å²) in [4.78, 5) is 14.1. The van der Waals surface area contributed by atoms with E-state index in [1.165, 1.54) is 0 Å². The lowest BCUT2D eigenvalue weighted by atomic mass is 10.1. The number of amides is 2. The maximum atomic E-state index is 12.0. The molecule has 1 heterocycles. The summed E-state index contributed by atoms with van der Waals surface area (Å²) < 4.78 is 10.6. The van der Waals surface area contributed by atoms with Crippen molar-refractivity contribution in [1.82, 2.24) is 5.32 Å². The fraction of sp³-hybridized carbons (Fsp3) is 0.316. The Kier molecular flexibility index (Phi) is 4.97. The molecule has 2 amide bonds. The van der Waals surface area contributed by atoms with Crippen molar-refractivity contribution in [1.29, 1.82) is 0 Å². The third-order valence-electron chi connectivity index (χ3n) is 4.07. The molecule has 0 aromatic heterocycles. The van der Waals surface area contributed by atoms with Crippen molar-refractivity contribution < 1.29 is 14.3 Å². The smallest absolute Gasteiger partial charge is 0.319 e. The third-order valence-corrected chi connectivity index (χ3v) is 4.07. The van der Waals surface area contributed by atoms with Crippen LogP contribution in [0.3, 0.4) is 0 Å². The SMILES string of the molecule is Cc1cc(NC(=O)NCCc2ccc3c(c2)OCO3)ccc1N(C)C. The molecule has 0 aliphatic carbocycles. The van der Waals surface area contributed by atoms with E-state index < -0.39 is 0 Å². The van der Waals surface area contributed by atoms with Crippen molar-refractivity contribution >= 4 is 17.4 Å². The summed E-state index contributed by atoms with van der Waals surface area (Å²) in [6, 6.07) is 11.5. The number of carbonyl (C=O) groups excluding carboxylic acids is 1. The van der Waals surface area contributed by atoms with Crippen molar-refractivity contribution in [3.8, 4) is 11.5 Å². The molecule has 2 aromatic carbocycles. The maximum Gasteiger partial charge on any atom is 0.319 e. The predicted octanol–water partition coefficient (Wildman–Crippen LogP) is 3.15. The molecule has 0 radical (unpaired) electrons. The Hall–Kier alpha value is -2.89. The molecule has 0 saturated carbocycles. The largest absolute Gasteiger partial charge is 0.454 e. The summed E-state index contributed by atoms with van der Waals surface area (Å²) >= 11 is 0. The van der Waals surface area contributed by atoms with Gasteiger partial charge in [0.2, 0.25) is 6.79 Å². The average molecular weight is 341 g/mol. The Balaban J connectivity index is 1.49. The Morgan fingerprint density at radius 3 is 2.68 bits per heavy atom. The van der Waals surface area contributed by atoms with Crippen LogP contribution in [0.25, 0.3) is 0 Å². The highest BCUT2D eigenvalue weighted by atomic mass is 16.7. The minimum absolute atomic E-state index is 0.210. The average Bonchev–Trinajstić information content (AvgIpc) is 3.02. The Bertz CT molecular complexity index is 775. The van der Waals surface area contributed by atoms with Crippen LogP contribution in [-0.4, -0.2) is 33.5 Å². The summed E-state index contributed by atoms with van der Waals surface area (Å²) in [7, 11) is 4.00. The van der Waals surface area contributed by atoms with E-state index in [1.807, 2.05) is 62.3 Å². The molecule has 6 heteroatoms. The van der Waals surface area contributed by atoms with Gasteiger partial charge in [-0.3, -0.25) is 0 Å². The zero-order valence-corrected chi connectivity index (χ0v) is 14.8. The lowest BCUT2D eigenvalue weighted by Crippen LogP contribution is -2.30. The summed E-state index contributed by atoms with van der Waals surface area (Å²) in [6.45, 7) is 2.84. The molecular weight excluding hydrogens is 318 g/mol. The summed E-state index contributed by atoms with van der Waals surface area (Å²) in [5, 5.41) is 5.74. The van der Waals surface area contributed by atoms with Crippen LogP contribution >= 0.6 is 0 Å². The van der Waals surface area contributed by atoms with Crippen LogP contribution in [0.15, 0.2) is 36.4 Å². The number of fused-ring (bicyclic) bond motifs is 1. The quantitative estimate of drug-likeness (QED) is 0.877. The number of rotatable bonds is 5. The van der Waals surface area contributed by atoms with Crippen LogP contribution < -0.4 is 25.0 Å². The van der Waals surface area contributed by atoms with Gasteiger partial charge in [-0.05, 0) is 54.8 Å². The van der Waals surface area contributed by atoms with Gasteiger partial charge in [0.05, 0.1) is 0 Å². The van der Waals surface area contributed by atoms with Gasteiger partial charge in [-0.25, -0.2) is 4.79 Å². The molecule has 132 valence electrons. The third kappa shape index (κ3) is 4.15. The number of hydrogen-bond donors (Lipinski definition) is 2. The minimum Gasteiger partial charge on any atom is -0.454 e. The van der Waals surface area contributed by atoms with Gasteiger partial charge in [-0.15, -0.1) is 0 Å². The second-order valence-corrected chi connectivity index (χ2v) is 6.21. The zero-order valence-electron chi connectivity index (χ0n) is 14.8. The molecule has 0 saturated heterocycles. The maximum absolute atomic E-state index is 12.0. The first-order chi connectivity index (χ1) is 12.0. The van der Waals surface area contributed by atoms with Crippen LogP contribution in [-0.2, 0) is 6.42 Å². The fourth-order valence-electron chi connectivity index (χ4n) is 2.83. The highest BCUT2D eigenvalue weighted by molar-refractivity contribution is 5.89. The molecular formula is C19H23N3O3. The molecule has 3 rings (SSSR count). The van der Waals surface area contributed by atoms with Crippen molar-refractivity contribution in [3.05, 3.63) is 47.5 Å². The molecule has 0 bridgehead atoms. The van der Waals surface area contributed by atoms with E-state index in [-0.39, 0.29) is 12.8 Å². The van der Waals surface area contributed by atoms with Gasteiger partial charge < -0.3 is 25.0 Å². The summed E-state index contributed by atoms with van der Waals surface area (Å²) in [6.07, 6.45) is 0.725. The lowest BCUT2D eigenvalue weighted by molar-refractivity contribution is 0.174. The van der Waals surface area contributed by atoms with E-state index in [0.29, 0.717) is 6.54 Å². The number of anilines is 2. The molecule has 2 aromatic rings. The Labute approximate surface area is 147 Å². The van der Waals surface area contributed by atoms with Crippen molar-refractivity contribution in [2.75, 3.05) is 37.6 Å². The van der Waals surface area contributed by atoms with Gasteiger partial charge in [-0.1, -0.05) is 6.07 Å². The van der Waals surface area contributed by atoms with Crippen LogP contribution in [0.4, 0.5) is 16.2 Å². The molecule has 25 heavy (non-hydrogen) atoms. The van der Waals surface area contributed by atoms with Crippen molar-refractivity contribution in [2.24, 2.45) is 0 Å². The Morgan fingerprint density at radius 2 is 1.92 bits per heavy atom. The van der Waals surface area contributed by atoms with E-state index in [1.54, 1.807) is 0 Å². The first-order valence-corrected chi connectivity index (χ1v) is 8.24. The van der Waals surface area contributed by atoms with Crippen molar-refractivity contribution in [2.45, 2.75) is 13.3 Å². The molecule has 0 fully saturated rings. The summed E-state index contributed by atoms with van der Waals surface area (Å²) in [5.41, 5.74) is 4.12. The first-order valence-electron chi connectivity index (χ1n) is 8.24. The molecule has 0 unspecified atom stereocenters. The van der Waals surface area contributed by atoms with E-state index in [4.69, 9.17) is 9.47 Å². The number of hydrogen-bond acceptors (Lipinski definition) is 4. The van der Waals surface area contributed by atoms with Gasteiger partial charge in [0, 0.05) is 32.0 Å². The number of aryl methyl sites for hydroxylation is 1. The number of nitrogens with one attached hydrogen (secondary N) is 2. The number of ether oxygens (including phenoxy) is 2. The topological polar surface area (TPSA) is 62.8 Å². The Morgan fingerprint density at radius 1 is 1.12 bits per heavy atom. The normalized spacial score (nSPS) is 12.0. The number of urea groups is 1. The number of carbonyl (C=O) groups is 1. The second kappa shape index (κ2) is 7.34. The van der Waals surface area contributed by atoms with Crippen LogP contribution in [0.2, 0.25) is 0 Å². The highest BCUT2D eigenvalue weighted by Crippen LogP contribution is 2.32. The first kappa shape index (κ1) is 17.0. The fourth-order valence-corrected chi connectivity index (χ4v) is 2.83. The molecule has 6 nitrogen and oxygen atoms in total. The monoisotopic (exact) mass is 341 g/mol. The number of nitrogens with zero attached hydrogens (tertiary/aromatic N) is 1. The van der Waals surface area contributed by atoms with E-state index in [0.717, 1.165) is 40.4 Å². The summed E-state index contributed by atoms with van der Waals surface area (Å²) in [5.74, 6) is 1.53. The lowest BCUT2D eigenvalue weighted by Gasteiger charge is -2.16. The second-order valence-electron chi connectivity index (χ2n) is 6.21. The van der Waals surface area contributed by atoms with Crippen LogP contribution in [0.1, 0.15) is 11.1 Å². The molecule has 1 aliphatic heterocycles. The van der Waals surface area contributed by atoms with Gasteiger partial charge >= 0.3 is 6.03 Å². The molecule has 0 spiro atoms. The zero-order chi connectivity index (χ0) is 17.8. The molecule has 0 atom stereocenters. The highest BCUT2D eigenvalue weighted by Gasteiger charge is 2.13. The molecule has 2 N–H and O–H groups in total. The van der Waals surface area contributed by atoms with Crippen LogP contribution in [0, 0.1) is 6.92 Å². The van der Waals surface area contributed by atoms with Crippen LogP contribution in [0.5, 0.6) is 11.5 Å². The minimum atomic E-state index is -0.210. The van der Waals surface area contributed by atoms with E-state index in [2.05, 4.69) is 10.6 Å². The number of benzene rings is 2.